The lowest BCUT2D eigenvalue weighted by Crippen LogP contribution is -2.30. The van der Waals surface area contributed by atoms with Crippen LogP contribution in [0, 0.1) is 6.92 Å². The molecule has 0 bridgehead atoms. The molecule has 0 radical (unpaired) electrons. The highest BCUT2D eigenvalue weighted by Crippen LogP contribution is 2.24. The van der Waals surface area contributed by atoms with Crippen molar-refractivity contribution in [3.8, 4) is 0 Å². The van der Waals surface area contributed by atoms with E-state index in [1.54, 1.807) is 4.90 Å². The van der Waals surface area contributed by atoms with Gasteiger partial charge in [0.2, 0.25) is 0 Å². The maximum Gasteiger partial charge on any atom is 0.275 e. The predicted molar refractivity (Wildman–Crippen MR) is 90.6 cm³/mol. The number of rotatable bonds is 4. The third kappa shape index (κ3) is 2.87. The van der Waals surface area contributed by atoms with Crippen LogP contribution in [-0.4, -0.2) is 27.5 Å². The molecule has 1 N–H and O–H groups in total. The van der Waals surface area contributed by atoms with Crippen molar-refractivity contribution in [2.45, 2.75) is 20.4 Å². The number of hydrogen-bond acceptors (Lipinski definition) is 3. The number of aryl methyl sites for hydroxylation is 1. The summed E-state index contributed by atoms with van der Waals surface area (Å²) in [6.07, 6.45) is 0. The smallest absolute Gasteiger partial charge is 0.275 e. The Morgan fingerprint density at radius 1 is 1.36 bits per heavy atom. The number of amides is 1. The number of carbonyl (C=O) groups excluding carboxylic acids is 1. The van der Waals surface area contributed by atoms with Crippen molar-refractivity contribution in [1.82, 2.24) is 15.1 Å². The molecule has 0 atom stereocenters. The Morgan fingerprint density at radius 2 is 2.18 bits per heavy atom. The minimum absolute atomic E-state index is 0.0659. The summed E-state index contributed by atoms with van der Waals surface area (Å²) in [5, 5.41) is 8.01. The molecule has 0 saturated heterocycles. The molecule has 2 aromatic heterocycles. The van der Waals surface area contributed by atoms with E-state index < -0.39 is 0 Å². The van der Waals surface area contributed by atoms with Gasteiger partial charge in [-0.15, -0.1) is 11.3 Å². The second-order valence-electron chi connectivity index (χ2n) is 5.15. The van der Waals surface area contributed by atoms with Crippen molar-refractivity contribution in [3.05, 3.63) is 50.8 Å². The van der Waals surface area contributed by atoms with Gasteiger partial charge in [0.15, 0.2) is 5.69 Å². The Balaban J connectivity index is 1.91. The van der Waals surface area contributed by atoms with Crippen LogP contribution >= 0.6 is 22.9 Å². The molecule has 0 aliphatic carbocycles. The largest absolute Gasteiger partial charge is 0.332 e. The van der Waals surface area contributed by atoms with Crippen molar-refractivity contribution in [2.24, 2.45) is 0 Å². The average Bonchev–Trinajstić information content (AvgIpc) is 3.09. The van der Waals surface area contributed by atoms with Crippen LogP contribution in [0.5, 0.6) is 0 Å². The maximum atomic E-state index is 12.8. The van der Waals surface area contributed by atoms with Gasteiger partial charge in [0, 0.05) is 16.8 Å². The van der Waals surface area contributed by atoms with Crippen LogP contribution in [-0.2, 0) is 6.54 Å². The molecule has 6 heteroatoms. The molecule has 0 saturated carbocycles. The number of nitrogens with one attached hydrogen (secondary N) is 1. The van der Waals surface area contributed by atoms with E-state index in [4.69, 9.17) is 11.6 Å². The molecule has 3 rings (SSSR count). The lowest BCUT2D eigenvalue weighted by atomic mass is 10.1. The van der Waals surface area contributed by atoms with E-state index in [2.05, 4.69) is 10.2 Å². The number of nitrogens with zero attached hydrogens (tertiary/aromatic N) is 2. The Kier molecular flexibility index (Phi) is 4.18. The molecular weight excluding hydrogens is 318 g/mol. The van der Waals surface area contributed by atoms with Crippen molar-refractivity contribution in [3.63, 3.8) is 0 Å². The zero-order valence-electron chi connectivity index (χ0n) is 12.4. The maximum absolute atomic E-state index is 12.8. The summed E-state index contributed by atoms with van der Waals surface area (Å²) < 4.78 is 0.736. The van der Waals surface area contributed by atoms with Crippen molar-refractivity contribution in [2.75, 3.05) is 6.54 Å². The first-order valence-corrected chi connectivity index (χ1v) is 8.26. The minimum atomic E-state index is -0.0659. The second kappa shape index (κ2) is 6.10. The molecule has 114 valence electrons. The predicted octanol–water partition coefficient (Wildman–Crippen LogP) is 4.25. The van der Waals surface area contributed by atoms with Gasteiger partial charge in [0.25, 0.3) is 5.91 Å². The van der Waals surface area contributed by atoms with Gasteiger partial charge in [-0.2, -0.15) is 5.10 Å². The third-order valence-electron chi connectivity index (χ3n) is 3.57. The highest BCUT2D eigenvalue weighted by atomic mass is 35.5. The topological polar surface area (TPSA) is 49.0 Å². The summed E-state index contributed by atoms with van der Waals surface area (Å²) >= 11 is 7.45. The van der Waals surface area contributed by atoms with Crippen LogP contribution in [0.4, 0.5) is 0 Å². The van der Waals surface area contributed by atoms with Gasteiger partial charge >= 0.3 is 0 Å². The molecule has 22 heavy (non-hydrogen) atoms. The lowest BCUT2D eigenvalue weighted by Gasteiger charge is -2.19. The van der Waals surface area contributed by atoms with Gasteiger partial charge < -0.3 is 4.90 Å². The molecule has 2 heterocycles. The van der Waals surface area contributed by atoms with Crippen LogP contribution in [0.3, 0.4) is 0 Å². The molecule has 0 fully saturated rings. The fourth-order valence-electron chi connectivity index (χ4n) is 2.39. The Hall–Kier alpha value is -1.85. The Bertz CT molecular complexity index is 824. The Labute approximate surface area is 137 Å². The number of halogens is 1. The number of aromatic amines is 1. The van der Waals surface area contributed by atoms with E-state index in [9.17, 15) is 4.79 Å². The summed E-state index contributed by atoms with van der Waals surface area (Å²) in [4.78, 5) is 15.6. The monoisotopic (exact) mass is 333 g/mol. The molecule has 0 aliphatic heterocycles. The van der Waals surface area contributed by atoms with E-state index in [0.717, 1.165) is 25.7 Å². The van der Waals surface area contributed by atoms with E-state index >= 15 is 0 Å². The zero-order valence-corrected chi connectivity index (χ0v) is 14.0. The van der Waals surface area contributed by atoms with E-state index in [1.807, 2.05) is 44.2 Å². The number of fused-ring (bicyclic) bond motifs is 1. The van der Waals surface area contributed by atoms with Crippen molar-refractivity contribution < 1.29 is 4.79 Å². The number of aromatic nitrogens is 2. The summed E-state index contributed by atoms with van der Waals surface area (Å²) in [5.74, 6) is -0.0659. The second-order valence-corrected chi connectivity index (χ2v) is 6.95. The number of thiophene rings is 1. The molecule has 0 unspecified atom stereocenters. The first-order valence-electron chi connectivity index (χ1n) is 7.06. The Morgan fingerprint density at radius 3 is 2.86 bits per heavy atom. The number of H-pyrrole nitrogens is 1. The first kappa shape index (κ1) is 15.1. The van der Waals surface area contributed by atoms with Gasteiger partial charge in [-0.05, 0) is 38.1 Å². The zero-order chi connectivity index (χ0) is 15.7. The molecule has 0 spiro atoms. The van der Waals surface area contributed by atoms with E-state index in [-0.39, 0.29) is 5.91 Å². The summed E-state index contributed by atoms with van der Waals surface area (Å²) in [5.41, 5.74) is 2.46. The van der Waals surface area contributed by atoms with E-state index in [0.29, 0.717) is 18.8 Å². The highest BCUT2D eigenvalue weighted by Gasteiger charge is 2.20. The SMILES string of the molecule is CCN(Cc1ccc(Cl)s1)C(=O)c1n[nH]c2ccc(C)cc12. The average molecular weight is 334 g/mol. The van der Waals surface area contributed by atoms with Crippen molar-refractivity contribution >= 4 is 39.7 Å². The van der Waals surface area contributed by atoms with Crippen LogP contribution in [0.25, 0.3) is 10.9 Å². The standard InChI is InChI=1S/C16H16ClN3OS/c1-3-20(9-11-5-7-14(17)22-11)16(21)15-12-8-10(2)4-6-13(12)18-19-15/h4-8H,3,9H2,1-2H3,(H,18,19). The fourth-order valence-corrected chi connectivity index (χ4v) is 3.50. The van der Waals surface area contributed by atoms with Gasteiger partial charge in [-0.3, -0.25) is 9.89 Å². The molecule has 0 aliphatic rings. The molecule has 1 amide bonds. The van der Waals surface area contributed by atoms with Gasteiger partial charge in [0.1, 0.15) is 0 Å². The molecule has 3 aromatic rings. The summed E-state index contributed by atoms with van der Waals surface area (Å²) in [6.45, 7) is 5.14. The van der Waals surface area contributed by atoms with Crippen LogP contribution in [0.1, 0.15) is 27.9 Å². The van der Waals surface area contributed by atoms with Crippen molar-refractivity contribution in [1.29, 1.82) is 0 Å². The molecule has 1 aromatic carbocycles. The van der Waals surface area contributed by atoms with Gasteiger partial charge in [-0.25, -0.2) is 0 Å². The number of carbonyl (C=O) groups is 1. The lowest BCUT2D eigenvalue weighted by molar-refractivity contribution is 0.0750. The normalized spacial score (nSPS) is 11.0. The number of hydrogen-bond donors (Lipinski definition) is 1. The first-order chi connectivity index (χ1) is 10.6. The summed E-state index contributed by atoms with van der Waals surface area (Å²) in [6, 6.07) is 9.74. The van der Waals surface area contributed by atoms with Crippen LogP contribution in [0.2, 0.25) is 4.34 Å². The van der Waals surface area contributed by atoms with E-state index in [1.165, 1.54) is 11.3 Å². The number of benzene rings is 1. The highest BCUT2D eigenvalue weighted by molar-refractivity contribution is 7.16. The molecule has 4 nitrogen and oxygen atoms in total. The summed E-state index contributed by atoms with van der Waals surface area (Å²) in [7, 11) is 0. The van der Waals surface area contributed by atoms with Gasteiger partial charge in [-0.1, -0.05) is 23.2 Å². The molecular formula is C16H16ClN3OS. The fraction of sp³-hybridized carbons (Fsp3) is 0.250. The van der Waals surface area contributed by atoms with Gasteiger partial charge in [0.05, 0.1) is 16.4 Å². The quantitative estimate of drug-likeness (QED) is 0.776. The van der Waals surface area contributed by atoms with Crippen LogP contribution in [0.15, 0.2) is 30.3 Å². The minimum Gasteiger partial charge on any atom is -0.332 e. The third-order valence-corrected chi connectivity index (χ3v) is 4.78. The van der Waals surface area contributed by atoms with Crippen LogP contribution < -0.4 is 0 Å².